The van der Waals surface area contributed by atoms with Crippen molar-refractivity contribution in [3.05, 3.63) is 54.6 Å². The van der Waals surface area contributed by atoms with Gasteiger partial charge in [0.2, 0.25) is 0 Å². The van der Waals surface area contributed by atoms with Gasteiger partial charge in [-0.25, -0.2) is 0 Å². The average molecular weight is 255 g/mol. The lowest BCUT2D eigenvalue weighted by atomic mass is 10.0. The van der Waals surface area contributed by atoms with E-state index in [1.165, 1.54) is 0 Å². The Balaban J connectivity index is 2.34. The topological polar surface area (TPSA) is 52.3 Å². The highest BCUT2D eigenvalue weighted by atomic mass is 16.5. The van der Waals surface area contributed by atoms with E-state index in [4.69, 9.17) is 10.5 Å². The van der Waals surface area contributed by atoms with E-state index < -0.39 is 12.0 Å². The van der Waals surface area contributed by atoms with Gasteiger partial charge in [0.1, 0.15) is 5.75 Å². The zero-order valence-corrected chi connectivity index (χ0v) is 10.9. The normalized spacial score (nSPS) is 11.8. The number of primary amides is 1. The van der Waals surface area contributed by atoms with E-state index in [1.54, 1.807) is 0 Å². The van der Waals surface area contributed by atoms with Gasteiger partial charge >= 0.3 is 0 Å². The number of benzene rings is 2. The molecule has 0 saturated heterocycles. The van der Waals surface area contributed by atoms with E-state index in [0.29, 0.717) is 12.2 Å². The summed E-state index contributed by atoms with van der Waals surface area (Å²) in [6.07, 6.45) is -0.0387. The minimum atomic E-state index is -0.593. The summed E-state index contributed by atoms with van der Waals surface area (Å²) in [6.45, 7) is 1.88. The molecule has 1 atom stereocenters. The largest absolute Gasteiger partial charge is 0.480 e. The van der Waals surface area contributed by atoms with Crippen LogP contribution >= 0.6 is 0 Å². The van der Waals surface area contributed by atoms with Gasteiger partial charge < -0.3 is 10.5 Å². The number of rotatable bonds is 5. The first-order valence-electron chi connectivity index (χ1n) is 6.32. The summed E-state index contributed by atoms with van der Waals surface area (Å²) in [5, 5.41) is 0. The molecule has 0 spiro atoms. The fourth-order valence-corrected chi connectivity index (χ4v) is 1.92. The van der Waals surface area contributed by atoms with E-state index >= 15 is 0 Å². The minimum absolute atomic E-state index is 0.439. The summed E-state index contributed by atoms with van der Waals surface area (Å²) < 4.78 is 5.74. The van der Waals surface area contributed by atoms with E-state index in [2.05, 4.69) is 0 Å². The Bertz CT molecular complexity index is 552. The van der Waals surface area contributed by atoms with Crippen molar-refractivity contribution in [3.8, 4) is 16.9 Å². The molecular formula is C16H17NO2. The molecule has 1 amide bonds. The van der Waals surface area contributed by atoms with Crippen LogP contribution in [0.2, 0.25) is 0 Å². The predicted octanol–water partition coefficient (Wildman–Crippen LogP) is 3.00. The second kappa shape index (κ2) is 6.05. The molecule has 2 rings (SSSR count). The number of para-hydroxylation sites is 1. The van der Waals surface area contributed by atoms with Crippen molar-refractivity contribution >= 4 is 5.91 Å². The van der Waals surface area contributed by atoms with Crippen LogP contribution in [0.15, 0.2) is 54.6 Å². The van der Waals surface area contributed by atoms with Crippen LogP contribution in [0, 0.1) is 0 Å². The van der Waals surface area contributed by atoms with Gasteiger partial charge in [-0.1, -0.05) is 55.5 Å². The molecule has 0 bridgehead atoms. The van der Waals surface area contributed by atoms with Crippen molar-refractivity contribution in [3.63, 3.8) is 0 Å². The Labute approximate surface area is 113 Å². The first-order chi connectivity index (χ1) is 9.22. The average Bonchev–Trinajstić information content (AvgIpc) is 2.45. The van der Waals surface area contributed by atoms with E-state index in [0.717, 1.165) is 11.1 Å². The summed E-state index contributed by atoms with van der Waals surface area (Å²) in [6, 6.07) is 17.6. The summed E-state index contributed by atoms with van der Waals surface area (Å²) in [7, 11) is 0. The van der Waals surface area contributed by atoms with Gasteiger partial charge in [-0.3, -0.25) is 4.79 Å². The van der Waals surface area contributed by atoms with Crippen LogP contribution in [0.5, 0.6) is 5.75 Å². The molecule has 0 radical (unpaired) electrons. The molecule has 2 aromatic carbocycles. The van der Waals surface area contributed by atoms with Crippen molar-refractivity contribution in [2.75, 3.05) is 0 Å². The molecule has 0 fully saturated rings. The van der Waals surface area contributed by atoms with Crippen LogP contribution in [0.4, 0.5) is 0 Å². The molecule has 0 saturated carbocycles. The van der Waals surface area contributed by atoms with Crippen LogP contribution in [-0.2, 0) is 4.79 Å². The van der Waals surface area contributed by atoms with Crippen molar-refractivity contribution in [1.82, 2.24) is 0 Å². The van der Waals surface area contributed by atoms with Gasteiger partial charge in [0.05, 0.1) is 0 Å². The number of amides is 1. The number of nitrogens with two attached hydrogens (primary N) is 1. The Morgan fingerprint density at radius 1 is 1.11 bits per heavy atom. The summed E-state index contributed by atoms with van der Waals surface area (Å²) >= 11 is 0. The molecule has 0 aliphatic carbocycles. The maximum atomic E-state index is 11.3. The van der Waals surface area contributed by atoms with E-state index in [9.17, 15) is 4.79 Å². The second-order valence-corrected chi connectivity index (χ2v) is 4.28. The highest BCUT2D eigenvalue weighted by Gasteiger charge is 2.16. The Morgan fingerprint density at radius 2 is 1.74 bits per heavy atom. The molecule has 19 heavy (non-hydrogen) atoms. The fourth-order valence-electron chi connectivity index (χ4n) is 1.92. The number of carbonyl (C=O) groups is 1. The Morgan fingerprint density at radius 3 is 2.37 bits per heavy atom. The highest BCUT2D eigenvalue weighted by Crippen LogP contribution is 2.30. The van der Waals surface area contributed by atoms with Crippen LogP contribution in [0.25, 0.3) is 11.1 Å². The summed E-state index contributed by atoms with van der Waals surface area (Å²) in [5.41, 5.74) is 7.33. The van der Waals surface area contributed by atoms with Crippen LogP contribution in [0.3, 0.4) is 0 Å². The Kier molecular flexibility index (Phi) is 4.18. The van der Waals surface area contributed by atoms with Crippen LogP contribution < -0.4 is 10.5 Å². The first-order valence-corrected chi connectivity index (χ1v) is 6.32. The molecular weight excluding hydrogens is 238 g/mol. The lowest BCUT2D eigenvalue weighted by Gasteiger charge is -2.17. The molecule has 3 nitrogen and oxygen atoms in total. The maximum absolute atomic E-state index is 11.3. The van der Waals surface area contributed by atoms with Gasteiger partial charge in [-0.2, -0.15) is 0 Å². The number of ether oxygens (including phenoxy) is 1. The molecule has 98 valence electrons. The lowest BCUT2D eigenvalue weighted by Crippen LogP contribution is -2.33. The number of hydrogen-bond donors (Lipinski definition) is 1. The number of carbonyl (C=O) groups excluding carboxylic acids is 1. The molecule has 0 aliphatic heterocycles. The maximum Gasteiger partial charge on any atom is 0.258 e. The van der Waals surface area contributed by atoms with Crippen molar-refractivity contribution in [1.29, 1.82) is 0 Å². The molecule has 0 aliphatic rings. The predicted molar refractivity (Wildman–Crippen MR) is 75.8 cm³/mol. The van der Waals surface area contributed by atoms with Crippen molar-refractivity contribution < 1.29 is 9.53 Å². The van der Waals surface area contributed by atoms with Gasteiger partial charge in [0.15, 0.2) is 6.10 Å². The van der Waals surface area contributed by atoms with Crippen molar-refractivity contribution in [2.45, 2.75) is 19.4 Å². The van der Waals surface area contributed by atoms with Gasteiger partial charge in [0.25, 0.3) is 5.91 Å². The third-order valence-corrected chi connectivity index (χ3v) is 2.93. The summed E-state index contributed by atoms with van der Waals surface area (Å²) in [5.74, 6) is 0.240. The van der Waals surface area contributed by atoms with Gasteiger partial charge in [-0.05, 0) is 18.1 Å². The van der Waals surface area contributed by atoms with Gasteiger partial charge in [-0.15, -0.1) is 0 Å². The monoisotopic (exact) mass is 255 g/mol. The lowest BCUT2D eigenvalue weighted by molar-refractivity contribution is -0.124. The SMILES string of the molecule is CCC(Oc1ccccc1-c1ccccc1)C(N)=O. The molecule has 0 heterocycles. The molecule has 2 N–H and O–H groups in total. The Hall–Kier alpha value is -2.29. The molecule has 1 unspecified atom stereocenters. The van der Waals surface area contributed by atoms with Crippen LogP contribution in [-0.4, -0.2) is 12.0 Å². The second-order valence-electron chi connectivity index (χ2n) is 4.28. The third kappa shape index (κ3) is 3.13. The van der Waals surface area contributed by atoms with Gasteiger partial charge in [0, 0.05) is 5.56 Å². The van der Waals surface area contributed by atoms with Crippen molar-refractivity contribution in [2.24, 2.45) is 5.73 Å². The summed E-state index contributed by atoms with van der Waals surface area (Å²) in [4.78, 5) is 11.3. The molecule has 3 heteroatoms. The smallest absolute Gasteiger partial charge is 0.258 e. The zero-order valence-electron chi connectivity index (χ0n) is 10.9. The fraction of sp³-hybridized carbons (Fsp3) is 0.188. The first kappa shape index (κ1) is 13.1. The van der Waals surface area contributed by atoms with E-state index in [-0.39, 0.29) is 0 Å². The molecule has 0 aromatic heterocycles. The zero-order chi connectivity index (χ0) is 13.7. The van der Waals surface area contributed by atoms with E-state index in [1.807, 2.05) is 61.5 Å². The quantitative estimate of drug-likeness (QED) is 0.893. The minimum Gasteiger partial charge on any atom is -0.480 e. The number of hydrogen-bond acceptors (Lipinski definition) is 2. The highest BCUT2D eigenvalue weighted by molar-refractivity contribution is 5.80. The van der Waals surface area contributed by atoms with Crippen LogP contribution in [0.1, 0.15) is 13.3 Å². The molecule has 2 aromatic rings. The standard InChI is InChI=1S/C16H17NO2/c1-2-14(16(17)18)19-15-11-7-6-10-13(15)12-8-4-3-5-9-12/h3-11,14H,2H2,1H3,(H2,17,18). The third-order valence-electron chi connectivity index (χ3n) is 2.93.